The first kappa shape index (κ1) is 17.1. The van der Waals surface area contributed by atoms with Gasteiger partial charge in [0.2, 0.25) is 0 Å². The Morgan fingerprint density at radius 1 is 1.05 bits per heavy atom. The van der Waals surface area contributed by atoms with Crippen LogP contribution in [0.1, 0.15) is 33.1 Å². The Hall–Kier alpha value is -1.91. The highest BCUT2D eigenvalue weighted by Crippen LogP contribution is 2.28. The maximum absolute atomic E-state index is 7.52. The lowest BCUT2D eigenvalue weighted by molar-refractivity contribution is 0.292. The molecule has 0 heterocycles. The third-order valence-corrected chi connectivity index (χ3v) is 3.52. The van der Waals surface area contributed by atoms with Gasteiger partial charge in [0.1, 0.15) is 17.2 Å². The molecule has 118 valence electrons. The molecule has 3 N–H and O–H groups in total. The summed E-state index contributed by atoms with van der Waals surface area (Å²) in [6.45, 7) is 4.59. The van der Waals surface area contributed by atoms with Crippen molar-refractivity contribution in [2.24, 2.45) is 11.1 Å². The second-order valence-corrected chi connectivity index (χ2v) is 5.65. The van der Waals surface area contributed by atoms with Crippen LogP contribution in [-0.4, -0.2) is 26.7 Å². The molecule has 0 aliphatic heterocycles. The third kappa shape index (κ3) is 5.53. The lowest BCUT2D eigenvalue weighted by Crippen LogP contribution is -2.30. The second kappa shape index (κ2) is 7.76. The van der Waals surface area contributed by atoms with E-state index in [-0.39, 0.29) is 11.3 Å². The highest BCUT2D eigenvalue weighted by atomic mass is 16.5. The summed E-state index contributed by atoms with van der Waals surface area (Å²) >= 11 is 0. The van der Waals surface area contributed by atoms with Crippen molar-refractivity contribution >= 4 is 5.84 Å². The van der Waals surface area contributed by atoms with Gasteiger partial charge in [-0.3, -0.25) is 5.41 Å². The molecular formula is C16H26N2O3. The van der Waals surface area contributed by atoms with Crippen molar-refractivity contribution in [1.82, 2.24) is 0 Å². The highest BCUT2D eigenvalue weighted by Gasteiger charge is 2.20. The van der Waals surface area contributed by atoms with Gasteiger partial charge in [0.05, 0.1) is 26.7 Å². The molecule has 21 heavy (non-hydrogen) atoms. The van der Waals surface area contributed by atoms with Crippen LogP contribution in [0.2, 0.25) is 0 Å². The number of nitrogens with two attached hydrogens (primary N) is 1. The minimum Gasteiger partial charge on any atom is -0.496 e. The summed E-state index contributed by atoms with van der Waals surface area (Å²) in [6.07, 6.45) is 2.76. The van der Waals surface area contributed by atoms with Gasteiger partial charge < -0.3 is 19.9 Å². The van der Waals surface area contributed by atoms with E-state index in [1.807, 2.05) is 32.0 Å². The first-order chi connectivity index (χ1) is 9.89. The number of rotatable bonds is 9. The van der Waals surface area contributed by atoms with Crippen molar-refractivity contribution in [3.05, 3.63) is 18.2 Å². The number of hydrogen-bond acceptors (Lipinski definition) is 4. The van der Waals surface area contributed by atoms with E-state index in [0.717, 1.165) is 25.0 Å². The molecule has 0 unspecified atom stereocenters. The molecule has 0 aromatic heterocycles. The highest BCUT2D eigenvalue weighted by molar-refractivity contribution is 5.82. The van der Waals surface area contributed by atoms with Crippen LogP contribution in [0.15, 0.2) is 18.2 Å². The number of benzene rings is 1. The van der Waals surface area contributed by atoms with Crippen molar-refractivity contribution in [1.29, 1.82) is 5.41 Å². The van der Waals surface area contributed by atoms with Gasteiger partial charge in [0.25, 0.3) is 0 Å². The fraction of sp³-hybridized carbons (Fsp3) is 0.562. The molecule has 0 spiro atoms. The maximum Gasteiger partial charge on any atom is 0.126 e. The van der Waals surface area contributed by atoms with Gasteiger partial charge in [-0.25, -0.2) is 0 Å². The van der Waals surface area contributed by atoms with Crippen molar-refractivity contribution < 1.29 is 14.2 Å². The van der Waals surface area contributed by atoms with Crippen molar-refractivity contribution in [2.45, 2.75) is 33.1 Å². The first-order valence-corrected chi connectivity index (χ1v) is 7.09. The van der Waals surface area contributed by atoms with E-state index in [1.54, 1.807) is 14.2 Å². The first-order valence-electron chi connectivity index (χ1n) is 7.09. The predicted octanol–water partition coefficient (Wildman–Crippen LogP) is 3.22. The van der Waals surface area contributed by atoms with Crippen molar-refractivity contribution in [2.75, 3.05) is 20.8 Å². The number of methoxy groups -OCH3 is 2. The van der Waals surface area contributed by atoms with E-state index in [9.17, 15) is 0 Å². The fourth-order valence-corrected chi connectivity index (χ4v) is 1.86. The SMILES string of the molecule is COc1cc(OC)cc(OCCCCC(C)(C)C(=N)N)c1. The Morgan fingerprint density at radius 3 is 2.05 bits per heavy atom. The largest absolute Gasteiger partial charge is 0.496 e. The number of unbranched alkanes of at least 4 members (excludes halogenated alkanes) is 1. The summed E-state index contributed by atoms with van der Waals surface area (Å²) in [6, 6.07) is 5.48. The maximum atomic E-state index is 7.52. The monoisotopic (exact) mass is 294 g/mol. The predicted molar refractivity (Wildman–Crippen MR) is 84.6 cm³/mol. The molecule has 0 radical (unpaired) electrons. The number of hydrogen-bond donors (Lipinski definition) is 2. The van der Waals surface area contributed by atoms with Gasteiger partial charge in [0, 0.05) is 23.6 Å². The van der Waals surface area contributed by atoms with Crippen LogP contribution in [0.3, 0.4) is 0 Å². The molecule has 1 aromatic rings. The van der Waals surface area contributed by atoms with Gasteiger partial charge in [-0.05, 0) is 19.3 Å². The quantitative estimate of drug-likeness (QED) is 0.416. The van der Waals surface area contributed by atoms with E-state index in [1.165, 1.54) is 0 Å². The summed E-state index contributed by atoms with van der Waals surface area (Å²) in [5, 5.41) is 7.52. The van der Waals surface area contributed by atoms with Gasteiger partial charge in [0.15, 0.2) is 0 Å². The molecule has 1 rings (SSSR count). The molecule has 0 amide bonds. The van der Waals surface area contributed by atoms with Crippen molar-refractivity contribution in [3.63, 3.8) is 0 Å². The molecule has 1 aromatic carbocycles. The Kier molecular flexibility index (Phi) is 6.34. The molecule has 0 bridgehead atoms. The summed E-state index contributed by atoms with van der Waals surface area (Å²) in [7, 11) is 3.23. The lowest BCUT2D eigenvalue weighted by Gasteiger charge is -2.22. The van der Waals surface area contributed by atoms with Crippen LogP contribution in [0.4, 0.5) is 0 Å². The van der Waals surface area contributed by atoms with Crippen LogP contribution < -0.4 is 19.9 Å². The average Bonchev–Trinajstić information content (AvgIpc) is 2.46. The molecule has 0 fully saturated rings. The summed E-state index contributed by atoms with van der Waals surface area (Å²) in [4.78, 5) is 0. The Labute approximate surface area is 126 Å². The fourth-order valence-electron chi connectivity index (χ4n) is 1.86. The molecule has 0 aliphatic rings. The topological polar surface area (TPSA) is 77.6 Å². The van der Waals surface area contributed by atoms with E-state index >= 15 is 0 Å². The Balaban J connectivity index is 2.41. The second-order valence-electron chi connectivity index (χ2n) is 5.65. The third-order valence-electron chi connectivity index (χ3n) is 3.52. The minimum atomic E-state index is -0.237. The van der Waals surface area contributed by atoms with Crippen LogP contribution in [0.5, 0.6) is 17.2 Å². The minimum absolute atomic E-state index is 0.237. The van der Waals surface area contributed by atoms with Gasteiger partial charge in [-0.15, -0.1) is 0 Å². The van der Waals surface area contributed by atoms with Crippen LogP contribution in [-0.2, 0) is 0 Å². The van der Waals surface area contributed by atoms with E-state index in [2.05, 4.69) is 0 Å². The number of ether oxygens (including phenoxy) is 3. The van der Waals surface area contributed by atoms with E-state index < -0.39 is 0 Å². The van der Waals surface area contributed by atoms with Crippen LogP contribution in [0.25, 0.3) is 0 Å². The number of nitrogens with one attached hydrogen (secondary N) is 1. The van der Waals surface area contributed by atoms with E-state index in [4.69, 9.17) is 25.4 Å². The van der Waals surface area contributed by atoms with Crippen LogP contribution in [0, 0.1) is 10.8 Å². The molecule has 0 saturated heterocycles. The molecule has 5 heteroatoms. The number of amidine groups is 1. The normalized spacial score (nSPS) is 11.0. The van der Waals surface area contributed by atoms with Gasteiger partial charge in [-0.1, -0.05) is 13.8 Å². The van der Waals surface area contributed by atoms with Gasteiger partial charge in [-0.2, -0.15) is 0 Å². The van der Waals surface area contributed by atoms with Gasteiger partial charge >= 0.3 is 0 Å². The van der Waals surface area contributed by atoms with E-state index in [0.29, 0.717) is 18.1 Å². The molecule has 5 nitrogen and oxygen atoms in total. The Morgan fingerprint density at radius 2 is 1.57 bits per heavy atom. The summed E-state index contributed by atoms with van der Waals surface area (Å²) in [5.41, 5.74) is 5.33. The standard InChI is InChI=1S/C16H26N2O3/c1-16(2,15(17)18)7-5-6-8-21-14-10-12(19-3)9-13(11-14)20-4/h9-11H,5-8H2,1-4H3,(H3,17,18). The molecule has 0 atom stereocenters. The average molecular weight is 294 g/mol. The zero-order valence-corrected chi connectivity index (χ0v) is 13.4. The molecular weight excluding hydrogens is 268 g/mol. The molecule has 0 aliphatic carbocycles. The molecule has 0 saturated carbocycles. The van der Waals surface area contributed by atoms with Crippen molar-refractivity contribution in [3.8, 4) is 17.2 Å². The Bertz CT molecular complexity index is 450. The zero-order chi connectivity index (χ0) is 15.9. The summed E-state index contributed by atoms with van der Waals surface area (Å²) < 4.78 is 16.1. The smallest absolute Gasteiger partial charge is 0.126 e. The zero-order valence-electron chi connectivity index (χ0n) is 13.4. The lowest BCUT2D eigenvalue weighted by atomic mass is 9.86. The summed E-state index contributed by atoms with van der Waals surface area (Å²) in [5.74, 6) is 2.39. The van der Waals surface area contributed by atoms with Crippen LogP contribution >= 0.6 is 0 Å².